The predicted molar refractivity (Wildman–Crippen MR) is 149 cm³/mol. The zero-order valence-electron chi connectivity index (χ0n) is 23.1. The smallest absolute Gasteiger partial charge is 0.280 e. The Labute approximate surface area is 226 Å². The van der Waals surface area contributed by atoms with Gasteiger partial charge in [-0.25, -0.2) is 4.98 Å². The minimum Gasteiger partial charge on any atom is -0.394 e. The second-order valence-corrected chi connectivity index (χ2v) is 10.7. The highest BCUT2D eigenvalue weighted by Crippen LogP contribution is 2.30. The molecule has 38 heavy (non-hydrogen) atoms. The molecule has 0 aliphatic carbocycles. The summed E-state index contributed by atoms with van der Waals surface area (Å²) in [5, 5.41) is 32.9. The second-order valence-electron chi connectivity index (χ2n) is 10.7. The van der Waals surface area contributed by atoms with Crippen molar-refractivity contribution in [3.63, 3.8) is 0 Å². The van der Waals surface area contributed by atoms with Gasteiger partial charge in [0.1, 0.15) is 18.3 Å². The number of aliphatic hydroxyl groups excluding tert-OH is 3. The van der Waals surface area contributed by atoms with E-state index in [1.54, 1.807) is 0 Å². The monoisotopic (exact) mass is 535 g/mol. The maximum atomic E-state index is 12.5. The first-order valence-electron chi connectivity index (χ1n) is 14.9. The number of anilines is 1. The van der Waals surface area contributed by atoms with Crippen molar-refractivity contribution in [3.8, 4) is 0 Å². The molecule has 2 unspecified atom stereocenters. The molecular weight excluding hydrogens is 486 g/mol. The van der Waals surface area contributed by atoms with E-state index < -0.39 is 36.7 Å². The summed E-state index contributed by atoms with van der Waals surface area (Å²) < 4.78 is 6.99. The molecule has 10 nitrogen and oxygen atoms in total. The van der Waals surface area contributed by atoms with Crippen LogP contribution in [-0.2, 0) is 4.74 Å². The number of imidazole rings is 1. The Morgan fingerprint density at radius 2 is 1.45 bits per heavy atom. The van der Waals surface area contributed by atoms with Gasteiger partial charge in [-0.1, -0.05) is 103 Å². The first-order valence-corrected chi connectivity index (χ1v) is 14.9. The van der Waals surface area contributed by atoms with E-state index in [1.165, 1.54) is 101 Å². The standard InChI is InChI=1S/C28H49N5O5/c1-2-3-4-5-6-7-8-9-10-11-12-13-14-15-16-17-18-29-28-31-25-22(26(37)32-28)30-20-33(25)27-24(36)23(35)21(19-34)38-27/h20-21,23-24,27,34-36H,2-19H2,1H3,(H2,29,31,32,37)/t21-,23?,24?,27-/m1/s1. The maximum Gasteiger partial charge on any atom is 0.280 e. The lowest BCUT2D eigenvalue weighted by Crippen LogP contribution is -2.33. The molecule has 3 rings (SSSR count). The van der Waals surface area contributed by atoms with Crippen LogP contribution in [0.4, 0.5) is 5.95 Å². The number of unbranched alkanes of at least 4 members (excludes halogenated alkanes) is 15. The average molecular weight is 536 g/mol. The molecule has 0 saturated carbocycles. The Hall–Kier alpha value is -2.01. The van der Waals surface area contributed by atoms with E-state index in [9.17, 15) is 20.1 Å². The minimum absolute atomic E-state index is 0.121. The number of aromatic amines is 1. The van der Waals surface area contributed by atoms with Crippen LogP contribution < -0.4 is 10.9 Å². The summed E-state index contributed by atoms with van der Waals surface area (Å²) in [5.41, 5.74) is -0.0243. The molecule has 2 aromatic heterocycles. The van der Waals surface area contributed by atoms with Crippen molar-refractivity contribution < 1.29 is 20.1 Å². The van der Waals surface area contributed by atoms with Gasteiger partial charge in [0.2, 0.25) is 5.95 Å². The van der Waals surface area contributed by atoms with Crippen LogP contribution in [-0.4, -0.2) is 66.3 Å². The fraction of sp³-hybridized carbons (Fsp3) is 0.821. The van der Waals surface area contributed by atoms with Crippen LogP contribution in [0.5, 0.6) is 0 Å². The molecule has 1 fully saturated rings. The fourth-order valence-electron chi connectivity index (χ4n) is 5.19. The quantitative estimate of drug-likeness (QED) is 0.157. The predicted octanol–water partition coefficient (Wildman–Crippen LogP) is 4.40. The molecule has 0 bridgehead atoms. The summed E-state index contributed by atoms with van der Waals surface area (Å²) in [5.74, 6) is 0.331. The van der Waals surface area contributed by atoms with Crippen molar-refractivity contribution in [2.24, 2.45) is 0 Å². The molecule has 2 aromatic rings. The van der Waals surface area contributed by atoms with Crippen LogP contribution in [0.1, 0.15) is 116 Å². The Bertz CT molecular complexity index is 980. The Morgan fingerprint density at radius 3 is 1.97 bits per heavy atom. The van der Waals surface area contributed by atoms with E-state index in [0.29, 0.717) is 12.5 Å². The van der Waals surface area contributed by atoms with E-state index in [4.69, 9.17) is 4.74 Å². The molecule has 0 radical (unpaired) electrons. The lowest BCUT2D eigenvalue weighted by Gasteiger charge is -2.16. The number of H-pyrrole nitrogens is 1. The number of aliphatic hydroxyl groups is 3. The first-order chi connectivity index (χ1) is 18.6. The Morgan fingerprint density at radius 1 is 0.895 bits per heavy atom. The Balaban J connectivity index is 1.27. The van der Waals surface area contributed by atoms with E-state index in [-0.39, 0.29) is 11.2 Å². The van der Waals surface area contributed by atoms with Gasteiger partial charge in [-0.15, -0.1) is 0 Å². The number of ether oxygens (including phenoxy) is 1. The number of hydrogen-bond donors (Lipinski definition) is 5. The highest BCUT2D eigenvalue weighted by molar-refractivity contribution is 5.70. The number of fused-ring (bicyclic) bond motifs is 1. The van der Waals surface area contributed by atoms with Crippen molar-refractivity contribution in [2.45, 2.75) is 134 Å². The lowest BCUT2D eigenvalue weighted by molar-refractivity contribution is -0.0511. The second kappa shape index (κ2) is 16.8. The summed E-state index contributed by atoms with van der Waals surface area (Å²) in [4.78, 5) is 23.7. The molecule has 0 aromatic carbocycles. The molecule has 10 heteroatoms. The molecular formula is C28H49N5O5. The van der Waals surface area contributed by atoms with Crippen LogP contribution in [0.15, 0.2) is 11.1 Å². The van der Waals surface area contributed by atoms with Crippen LogP contribution in [0.3, 0.4) is 0 Å². The van der Waals surface area contributed by atoms with Gasteiger partial charge in [0.15, 0.2) is 17.4 Å². The number of nitrogens with zero attached hydrogens (tertiary/aromatic N) is 3. The maximum absolute atomic E-state index is 12.5. The first kappa shape index (κ1) is 30.5. The molecule has 1 aliphatic heterocycles. The van der Waals surface area contributed by atoms with Gasteiger partial charge in [-0.05, 0) is 6.42 Å². The fourth-order valence-corrected chi connectivity index (χ4v) is 5.19. The summed E-state index contributed by atoms with van der Waals surface area (Å²) in [6.07, 6.45) is 18.0. The largest absolute Gasteiger partial charge is 0.394 e. The van der Waals surface area contributed by atoms with Gasteiger partial charge >= 0.3 is 0 Å². The molecule has 0 amide bonds. The molecule has 3 heterocycles. The number of nitrogens with one attached hydrogen (secondary N) is 2. The van der Waals surface area contributed by atoms with Gasteiger partial charge in [0.25, 0.3) is 5.56 Å². The number of hydrogen-bond acceptors (Lipinski definition) is 8. The van der Waals surface area contributed by atoms with Crippen molar-refractivity contribution >= 4 is 17.1 Å². The molecule has 4 atom stereocenters. The third kappa shape index (κ3) is 9.03. The zero-order valence-corrected chi connectivity index (χ0v) is 23.1. The van der Waals surface area contributed by atoms with Crippen LogP contribution in [0.25, 0.3) is 11.2 Å². The third-order valence-corrected chi connectivity index (χ3v) is 7.55. The van der Waals surface area contributed by atoms with E-state index in [1.807, 2.05) is 0 Å². The van der Waals surface area contributed by atoms with E-state index in [0.717, 1.165) is 12.8 Å². The van der Waals surface area contributed by atoms with Gasteiger partial charge < -0.3 is 25.4 Å². The van der Waals surface area contributed by atoms with Gasteiger partial charge in [-0.2, -0.15) is 4.98 Å². The Kier molecular flexibility index (Phi) is 13.5. The van der Waals surface area contributed by atoms with E-state index >= 15 is 0 Å². The third-order valence-electron chi connectivity index (χ3n) is 7.55. The highest BCUT2D eigenvalue weighted by Gasteiger charge is 2.44. The van der Waals surface area contributed by atoms with Gasteiger partial charge in [0.05, 0.1) is 12.9 Å². The normalized spacial score (nSPS) is 21.5. The van der Waals surface area contributed by atoms with E-state index in [2.05, 4.69) is 27.2 Å². The summed E-state index contributed by atoms with van der Waals surface area (Å²) in [7, 11) is 0. The van der Waals surface area contributed by atoms with Crippen molar-refractivity contribution in [2.75, 3.05) is 18.5 Å². The molecule has 5 N–H and O–H groups in total. The van der Waals surface area contributed by atoms with Crippen LogP contribution >= 0.6 is 0 Å². The molecule has 1 aliphatic rings. The minimum atomic E-state index is -1.27. The summed E-state index contributed by atoms with van der Waals surface area (Å²) in [6.45, 7) is 2.53. The molecule has 0 spiro atoms. The molecule has 216 valence electrons. The summed E-state index contributed by atoms with van der Waals surface area (Å²) in [6, 6.07) is 0. The van der Waals surface area contributed by atoms with Crippen LogP contribution in [0.2, 0.25) is 0 Å². The lowest BCUT2D eigenvalue weighted by atomic mass is 10.0. The van der Waals surface area contributed by atoms with Crippen molar-refractivity contribution in [3.05, 3.63) is 16.7 Å². The number of aromatic nitrogens is 4. The topological polar surface area (TPSA) is 146 Å². The van der Waals surface area contributed by atoms with Crippen molar-refractivity contribution in [1.82, 2.24) is 19.5 Å². The SMILES string of the molecule is CCCCCCCCCCCCCCCCCCNc1nc2c(ncn2[C@@H]2O[C@H](CO)C(O)C2O)c(=O)[nH]1. The van der Waals surface area contributed by atoms with Crippen LogP contribution in [0, 0.1) is 0 Å². The summed E-state index contributed by atoms with van der Waals surface area (Å²) >= 11 is 0. The molecule has 1 saturated heterocycles. The van der Waals surface area contributed by atoms with Crippen molar-refractivity contribution in [1.29, 1.82) is 0 Å². The highest BCUT2D eigenvalue weighted by atomic mass is 16.6. The number of rotatable bonds is 20. The zero-order chi connectivity index (χ0) is 27.2. The van der Waals surface area contributed by atoms with Gasteiger partial charge in [0, 0.05) is 6.54 Å². The average Bonchev–Trinajstić information content (AvgIpc) is 3.46. The van der Waals surface area contributed by atoms with Gasteiger partial charge in [-0.3, -0.25) is 14.3 Å².